The van der Waals surface area contributed by atoms with E-state index in [0.29, 0.717) is 25.7 Å². The van der Waals surface area contributed by atoms with Gasteiger partial charge in [0.15, 0.2) is 0 Å². The summed E-state index contributed by atoms with van der Waals surface area (Å²) in [7, 11) is 0. The monoisotopic (exact) mass is 554 g/mol. The minimum atomic E-state index is -0.00440. The number of phenols is 1. The van der Waals surface area contributed by atoms with E-state index in [1.165, 1.54) is 37.3 Å². The van der Waals surface area contributed by atoms with Gasteiger partial charge >= 0.3 is 0 Å². The molecule has 2 aromatic carbocycles. The lowest BCUT2D eigenvalue weighted by Gasteiger charge is -2.38. The molecule has 3 aromatic rings. The molecule has 1 aliphatic carbocycles. The molecule has 3 aliphatic rings. The Labute approximate surface area is 243 Å². The SMILES string of the molecule is C=CC(=O)N1CCN(c2nc(CCCCNC3CCCC3)nc3c2CCN(c2cc(O)cc4ccccc24)C3)CC1. The summed E-state index contributed by atoms with van der Waals surface area (Å²) in [6.07, 6.45) is 10.6. The molecule has 0 unspecified atom stereocenters. The molecule has 8 heteroatoms. The van der Waals surface area contributed by atoms with E-state index in [1.54, 1.807) is 0 Å². The van der Waals surface area contributed by atoms with Crippen LogP contribution < -0.4 is 15.1 Å². The summed E-state index contributed by atoms with van der Waals surface area (Å²) in [5, 5.41) is 16.4. The van der Waals surface area contributed by atoms with Gasteiger partial charge in [-0.1, -0.05) is 43.7 Å². The quantitative estimate of drug-likeness (QED) is 0.296. The zero-order valence-electron chi connectivity index (χ0n) is 24.0. The van der Waals surface area contributed by atoms with Gasteiger partial charge in [0, 0.05) is 67.9 Å². The Bertz CT molecular complexity index is 1390. The van der Waals surface area contributed by atoms with Crippen molar-refractivity contribution < 1.29 is 9.90 Å². The molecule has 0 bridgehead atoms. The number of aromatic nitrogens is 2. The van der Waals surface area contributed by atoms with Crippen LogP contribution in [0, 0.1) is 0 Å². The molecule has 1 amide bonds. The average molecular weight is 555 g/mol. The summed E-state index contributed by atoms with van der Waals surface area (Å²) >= 11 is 0. The smallest absolute Gasteiger partial charge is 0.246 e. The third kappa shape index (κ3) is 6.17. The highest BCUT2D eigenvalue weighted by atomic mass is 16.3. The molecular weight excluding hydrogens is 512 g/mol. The van der Waals surface area contributed by atoms with E-state index in [2.05, 4.69) is 33.8 Å². The Balaban J connectivity index is 1.23. The van der Waals surface area contributed by atoms with E-state index in [0.717, 1.165) is 85.7 Å². The van der Waals surface area contributed by atoms with Crippen LogP contribution in [0.1, 0.15) is 55.6 Å². The summed E-state index contributed by atoms with van der Waals surface area (Å²) in [6.45, 7) is 9.09. The van der Waals surface area contributed by atoms with Crippen LogP contribution in [0.4, 0.5) is 11.5 Å². The molecule has 216 valence electrons. The Morgan fingerprint density at radius 3 is 2.63 bits per heavy atom. The first kappa shape index (κ1) is 27.5. The van der Waals surface area contributed by atoms with Gasteiger partial charge in [-0.15, -0.1) is 0 Å². The summed E-state index contributed by atoms with van der Waals surface area (Å²) in [6, 6.07) is 12.6. The second-order valence-electron chi connectivity index (χ2n) is 11.7. The molecule has 0 atom stereocenters. The zero-order valence-corrected chi connectivity index (χ0v) is 24.0. The van der Waals surface area contributed by atoms with Gasteiger partial charge in [-0.2, -0.15) is 0 Å². The number of fused-ring (bicyclic) bond motifs is 2. The molecule has 2 aliphatic heterocycles. The summed E-state index contributed by atoms with van der Waals surface area (Å²) in [5.74, 6) is 2.23. The van der Waals surface area contributed by atoms with Gasteiger partial charge in [0.25, 0.3) is 0 Å². The molecule has 1 saturated carbocycles. The van der Waals surface area contributed by atoms with Gasteiger partial charge in [0.2, 0.25) is 5.91 Å². The minimum absolute atomic E-state index is 0.00440. The van der Waals surface area contributed by atoms with Crippen molar-refractivity contribution in [2.45, 2.75) is 64.0 Å². The lowest BCUT2D eigenvalue weighted by Crippen LogP contribution is -2.49. The van der Waals surface area contributed by atoms with E-state index in [4.69, 9.17) is 9.97 Å². The van der Waals surface area contributed by atoms with Crippen LogP contribution in [0.5, 0.6) is 5.75 Å². The molecule has 1 saturated heterocycles. The number of anilines is 2. The van der Waals surface area contributed by atoms with Crippen LogP contribution in [-0.2, 0) is 24.2 Å². The van der Waals surface area contributed by atoms with Crippen molar-refractivity contribution >= 4 is 28.2 Å². The van der Waals surface area contributed by atoms with Gasteiger partial charge < -0.3 is 25.1 Å². The molecule has 1 aromatic heterocycles. The number of unbranched alkanes of at least 4 members (excludes halogenated alkanes) is 1. The molecule has 41 heavy (non-hydrogen) atoms. The lowest BCUT2D eigenvalue weighted by atomic mass is 10.0. The Morgan fingerprint density at radius 1 is 1.02 bits per heavy atom. The van der Waals surface area contributed by atoms with Crippen molar-refractivity contribution in [1.82, 2.24) is 20.2 Å². The van der Waals surface area contributed by atoms with Gasteiger partial charge in [0.05, 0.1) is 12.2 Å². The molecular formula is C33H42N6O2. The van der Waals surface area contributed by atoms with Gasteiger partial charge in [-0.25, -0.2) is 9.97 Å². The fourth-order valence-corrected chi connectivity index (χ4v) is 6.69. The minimum Gasteiger partial charge on any atom is -0.508 e. The number of hydrogen-bond acceptors (Lipinski definition) is 7. The van der Waals surface area contributed by atoms with E-state index in [9.17, 15) is 9.90 Å². The third-order valence-corrected chi connectivity index (χ3v) is 8.94. The highest BCUT2D eigenvalue weighted by Crippen LogP contribution is 2.36. The van der Waals surface area contributed by atoms with Crippen LogP contribution in [0.15, 0.2) is 49.1 Å². The largest absolute Gasteiger partial charge is 0.508 e. The Hall–Kier alpha value is -3.65. The molecule has 6 rings (SSSR count). The van der Waals surface area contributed by atoms with Gasteiger partial charge in [-0.05, 0) is 56.2 Å². The number of carbonyl (C=O) groups excluding carboxylic acids is 1. The summed E-state index contributed by atoms with van der Waals surface area (Å²) < 4.78 is 0. The van der Waals surface area contributed by atoms with Crippen molar-refractivity contribution in [3.05, 3.63) is 66.1 Å². The second-order valence-corrected chi connectivity index (χ2v) is 11.7. The highest BCUT2D eigenvalue weighted by Gasteiger charge is 2.28. The van der Waals surface area contributed by atoms with Crippen molar-refractivity contribution in [1.29, 1.82) is 0 Å². The molecule has 2 N–H and O–H groups in total. The molecule has 0 spiro atoms. The molecule has 3 heterocycles. The average Bonchev–Trinajstić information content (AvgIpc) is 3.53. The van der Waals surface area contributed by atoms with Crippen LogP contribution >= 0.6 is 0 Å². The first-order chi connectivity index (χ1) is 20.1. The van der Waals surface area contributed by atoms with E-state index in [-0.39, 0.29) is 11.7 Å². The first-order valence-electron chi connectivity index (χ1n) is 15.3. The standard InChI is InChI=1S/C33H42N6O2/c1-2-32(41)37-17-19-38(20-18-37)33-28-14-16-39(30-22-26(40)21-24-9-3-6-12-27(24)30)23-29(28)35-31(36-33)13-7-8-15-34-25-10-4-5-11-25/h2-3,6,9,12,21-22,25,34,40H,1,4-5,7-8,10-11,13-20,23H2. The maximum absolute atomic E-state index is 12.2. The number of hydrogen-bond donors (Lipinski definition) is 2. The van der Waals surface area contributed by atoms with E-state index >= 15 is 0 Å². The van der Waals surface area contributed by atoms with Crippen molar-refractivity contribution in [3.63, 3.8) is 0 Å². The van der Waals surface area contributed by atoms with E-state index in [1.807, 2.05) is 29.2 Å². The number of amides is 1. The number of nitrogens with zero attached hydrogens (tertiary/aromatic N) is 5. The normalized spacial score (nSPS) is 17.7. The number of aryl methyl sites for hydroxylation is 1. The van der Waals surface area contributed by atoms with Crippen LogP contribution in [0.25, 0.3) is 10.8 Å². The van der Waals surface area contributed by atoms with Crippen molar-refractivity contribution in [2.75, 3.05) is 49.1 Å². The van der Waals surface area contributed by atoms with Crippen molar-refractivity contribution in [3.8, 4) is 5.75 Å². The topological polar surface area (TPSA) is 84.8 Å². The summed E-state index contributed by atoms with van der Waals surface area (Å²) in [5.41, 5.74) is 3.35. The highest BCUT2D eigenvalue weighted by molar-refractivity contribution is 5.95. The number of phenolic OH excluding ortho intramolecular Hbond substituents is 1. The number of piperazine rings is 1. The maximum atomic E-state index is 12.2. The van der Waals surface area contributed by atoms with Crippen LogP contribution in [-0.4, -0.2) is 71.2 Å². The number of carbonyl (C=O) groups is 1. The van der Waals surface area contributed by atoms with Gasteiger partial charge in [0.1, 0.15) is 17.4 Å². The predicted octanol–water partition coefficient (Wildman–Crippen LogP) is 4.59. The van der Waals surface area contributed by atoms with Crippen molar-refractivity contribution in [2.24, 2.45) is 0 Å². The van der Waals surface area contributed by atoms with E-state index < -0.39 is 0 Å². The lowest BCUT2D eigenvalue weighted by molar-refractivity contribution is -0.126. The van der Waals surface area contributed by atoms with Crippen LogP contribution in [0.3, 0.4) is 0 Å². The Kier molecular flexibility index (Phi) is 8.37. The Morgan fingerprint density at radius 2 is 1.83 bits per heavy atom. The predicted molar refractivity (Wildman–Crippen MR) is 165 cm³/mol. The number of aromatic hydroxyl groups is 1. The number of nitrogens with one attached hydrogen (secondary N) is 1. The number of benzene rings is 2. The molecule has 8 nitrogen and oxygen atoms in total. The fraction of sp³-hybridized carbons (Fsp3) is 0.485. The number of rotatable bonds is 9. The first-order valence-corrected chi connectivity index (χ1v) is 15.3. The van der Waals surface area contributed by atoms with Gasteiger partial charge in [-0.3, -0.25) is 4.79 Å². The zero-order chi connectivity index (χ0) is 28.2. The fourth-order valence-electron chi connectivity index (χ4n) is 6.69. The second kappa shape index (κ2) is 12.5. The summed E-state index contributed by atoms with van der Waals surface area (Å²) in [4.78, 5) is 29.0. The maximum Gasteiger partial charge on any atom is 0.246 e. The molecule has 0 radical (unpaired) electrons. The third-order valence-electron chi connectivity index (χ3n) is 8.94. The molecule has 2 fully saturated rings. The van der Waals surface area contributed by atoms with Crippen LogP contribution in [0.2, 0.25) is 0 Å².